The van der Waals surface area contributed by atoms with Gasteiger partial charge in [-0.2, -0.15) is 0 Å². The number of carbonyl (C=O) groups is 1. The summed E-state index contributed by atoms with van der Waals surface area (Å²) in [5.74, 6) is -0.637. The van der Waals surface area contributed by atoms with Crippen LogP contribution in [0.2, 0.25) is 0 Å². The molecule has 0 radical (unpaired) electrons. The highest BCUT2D eigenvalue weighted by Gasteiger charge is 2.09. The van der Waals surface area contributed by atoms with Crippen molar-refractivity contribution < 1.29 is 9.90 Å². The molecular weight excluding hydrogens is 222 g/mol. The summed E-state index contributed by atoms with van der Waals surface area (Å²) in [4.78, 5) is 10.5. The van der Waals surface area contributed by atoms with Gasteiger partial charge in [0.1, 0.15) is 0 Å². The molecule has 84 valence electrons. The fourth-order valence-electron chi connectivity index (χ4n) is 1.69. The van der Waals surface area contributed by atoms with Gasteiger partial charge in [-0.3, -0.25) is 4.79 Å². The van der Waals surface area contributed by atoms with Crippen LogP contribution in [0.3, 0.4) is 0 Å². The van der Waals surface area contributed by atoms with E-state index in [-0.39, 0.29) is 11.1 Å². The summed E-state index contributed by atoms with van der Waals surface area (Å²) in [6.07, 6.45) is 2.00. The molecule has 0 saturated heterocycles. The van der Waals surface area contributed by atoms with Gasteiger partial charge in [-0.1, -0.05) is 18.2 Å². The Morgan fingerprint density at radius 3 is 2.94 bits per heavy atom. The van der Waals surface area contributed by atoms with Gasteiger partial charge in [-0.25, -0.2) is 0 Å². The van der Waals surface area contributed by atoms with Gasteiger partial charge in [0.15, 0.2) is 0 Å². The molecule has 2 rings (SSSR count). The molecule has 0 bridgehead atoms. The van der Waals surface area contributed by atoms with Gasteiger partial charge < -0.3 is 9.67 Å². The Morgan fingerprint density at radius 1 is 1.44 bits per heavy atom. The third kappa shape index (κ3) is 2.22. The Balaban J connectivity index is 2.22. The lowest BCUT2D eigenvalue weighted by atomic mass is 10.2. The summed E-state index contributed by atoms with van der Waals surface area (Å²) in [5.41, 5.74) is 1.15. The monoisotopic (exact) mass is 235 g/mol. The smallest absolute Gasteiger partial charge is 0.313 e. The van der Waals surface area contributed by atoms with E-state index in [1.807, 2.05) is 37.4 Å². The molecule has 3 nitrogen and oxygen atoms in total. The van der Waals surface area contributed by atoms with Gasteiger partial charge in [0, 0.05) is 11.7 Å². The molecule has 0 spiro atoms. The van der Waals surface area contributed by atoms with Crippen LogP contribution in [0, 0.1) is 0 Å². The Hall–Kier alpha value is -1.42. The number of nitrogens with zero attached hydrogens (tertiary/aromatic N) is 1. The van der Waals surface area contributed by atoms with E-state index in [0.717, 1.165) is 5.52 Å². The maximum Gasteiger partial charge on any atom is 0.313 e. The van der Waals surface area contributed by atoms with Crippen LogP contribution in [0.15, 0.2) is 36.5 Å². The van der Waals surface area contributed by atoms with Crippen molar-refractivity contribution in [2.75, 3.05) is 5.75 Å². The van der Waals surface area contributed by atoms with E-state index in [1.54, 1.807) is 0 Å². The molecule has 1 aromatic heterocycles. The second-order valence-corrected chi connectivity index (χ2v) is 4.89. The summed E-state index contributed by atoms with van der Waals surface area (Å²) in [6, 6.07) is 10.1. The van der Waals surface area contributed by atoms with Crippen molar-refractivity contribution in [2.45, 2.75) is 12.3 Å². The summed E-state index contributed by atoms with van der Waals surface area (Å²) >= 11 is 1.42. The zero-order chi connectivity index (χ0) is 11.5. The molecule has 0 fully saturated rings. The molecule has 0 saturated carbocycles. The molecule has 1 heterocycles. The van der Waals surface area contributed by atoms with Crippen LogP contribution in [0.1, 0.15) is 12.3 Å². The number of carboxylic acids is 1. The topological polar surface area (TPSA) is 42.2 Å². The molecule has 1 unspecified atom stereocenters. The van der Waals surface area contributed by atoms with Gasteiger partial charge in [-0.15, -0.1) is 11.8 Å². The van der Waals surface area contributed by atoms with Crippen molar-refractivity contribution in [3.8, 4) is 0 Å². The first kappa shape index (κ1) is 11.1. The summed E-state index contributed by atoms with van der Waals surface area (Å²) in [5, 5.41) is 9.96. The lowest BCUT2D eigenvalue weighted by Gasteiger charge is -2.13. The van der Waals surface area contributed by atoms with Gasteiger partial charge in [0.05, 0.1) is 11.1 Å². The first-order valence-corrected chi connectivity index (χ1v) is 6.12. The summed E-state index contributed by atoms with van der Waals surface area (Å²) in [6.45, 7) is 2.01. The van der Waals surface area contributed by atoms with E-state index < -0.39 is 5.97 Å². The number of benzene rings is 1. The Bertz CT molecular complexity index is 506. The number of hydrogen-bond donors (Lipinski definition) is 1. The maximum absolute atomic E-state index is 10.5. The quantitative estimate of drug-likeness (QED) is 0.885. The van der Waals surface area contributed by atoms with Crippen molar-refractivity contribution >= 4 is 28.6 Å². The summed E-state index contributed by atoms with van der Waals surface area (Å²) < 4.78 is 2.10. The predicted molar refractivity (Wildman–Crippen MR) is 66.7 cm³/mol. The molecule has 0 aliphatic carbocycles. The number of fused-ring (bicyclic) bond motifs is 1. The number of aliphatic carboxylic acids is 1. The highest BCUT2D eigenvalue weighted by atomic mass is 32.2. The number of aromatic nitrogens is 1. The fraction of sp³-hybridized carbons (Fsp3) is 0.250. The number of para-hydroxylation sites is 1. The molecule has 0 aliphatic heterocycles. The van der Waals surface area contributed by atoms with Gasteiger partial charge in [-0.05, 0) is 24.4 Å². The molecule has 1 N–H and O–H groups in total. The van der Waals surface area contributed by atoms with E-state index in [2.05, 4.69) is 10.6 Å². The van der Waals surface area contributed by atoms with Crippen LogP contribution in [0.5, 0.6) is 0 Å². The van der Waals surface area contributed by atoms with Crippen molar-refractivity contribution in [1.82, 2.24) is 4.57 Å². The Morgan fingerprint density at radius 2 is 2.19 bits per heavy atom. The molecular formula is C12H13NO2S. The average molecular weight is 235 g/mol. The lowest BCUT2D eigenvalue weighted by Crippen LogP contribution is -2.05. The van der Waals surface area contributed by atoms with E-state index in [9.17, 15) is 4.79 Å². The zero-order valence-corrected chi connectivity index (χ0v) is 9.78. The van der Waals surface area contributed by atoms with Crippen LogP contribution >= 0.6 is 11.8 Å². The number of carboxylic acid groups (broad SMARTS) is 1. The Labute approximate surface area is 98.1 Å². The maximum atomic E-state index is 10.5. The normalized spacial score (nSPS) is 12.8. The Kier molecular flexibility index (Phi) is 3.19. The van der Waals surface area contributed by atoms with Crippen LogP contribution in [0.4, 0.5) is 0 Å². The van der Waals surface area contributed by atoms with E-state index in [0.29, 0.717) is 0 Å². The van der Waals surface area contributed by atoms with Crippen molar-refractivity contribution in [3.05, 3.63) is 36.5 Å². The number of rotatable bonds is 4. The lowest BCUT2D eigenvalue weighted by molar-refractivity contribution is -0.133. The number of thioether (sulfide) groups is 1. The molecule has 1 aromatic carbocycles. The fourth-order valence-corrected chi connectivity index (χ4v) is 2.42. The first-order chi connectivity index (χ1) is 7.68. The summed E-state index contributed by atoms with van der Waals surface area (Å²) in [7, 11) is 0. The first-order valence-electron chi connectivity index (χ1n) is 5.07. The zero-order valence-electron chi connectivity index (χ0n) is 8.96. The van der Waals surface area contributed by atoms with Crippen molar-refractivity contribution in [2.24, 2.45) is 0 Å². The van der Waals surface area contributed by atoms with Crippen LogP contribution < -0.4 is 0 Å². The third-order valence-electron chi connectivity index (χ3n) is 2.47. The predicted octanol–water partition coefficient (Wildman–Crippen LogP) is 2.98. The van der Waals surface area contributed by atoms with Crippen LogP contribution in [0.25, 0.3) is 10.9 Å². The largest absolute Gasteiger partial charge is 0.481 e. The van der Waals surface area contributed by atoms with Crippen molar-refractivity contribution in [3.63, 3.8) is 0 Å². The number of hydrogen-bond acceptors (Lipinski definition) is 2. The van der Waals surface area contributed by atoms with E-state index in [4.69, 9.17) is 5.11 Å². The van der Waals surface area contributed by atoms with E-state index >= 15 is 0 Å². The highest BCUT2D eigenvalue weighted by Crippen LogP contribution is 2.27. The second kappa shape index (κ2) is 4.61. The second-order valence-electron chi connectivity index (χ2n) is 3.59. The van der Waals surface area contributed by atoms with Gasteiger partial charge in [0.2, 0.25) is 0 Å². The highest BCUT2D eigenvalue weighted by molar-refractivity contribution is 7.99. The van der Waals surface area contributed by atoms with Crippen LogP contribution in [-0.2, 0) is 4.79 Å². The minimum absolute atomic E-state index is 0.133. The van der Waals surface area contributed by atoms with E-state index in [1.165, 1.54) is 17.1 Å². The van der Waals surface area contributed by atoms with Gasteiger partial charge >= 0.3 is 5.97 Å². The molecule has 1 atom stereocenters. The van der Waals surface area contributed by atoms with Crippen LogP contribution in [-0.4, -0.2) is 21.4 Å². The molecule has 0 amide bonds. The minimum Gasteiger partial charge on any atom is -0.481 e. The average Bonchev–Trinajstić information content (AvgIpc) is 2.69. The molecule has 0 aliphatic rings. The SMILES string of the molecule is CC(SCC(=O)O)n1ccc2ccccc21. The molecule has 4 heteroatoms. The molecule has 2 aromatic rings. The third-order valence-corrected chi connectivity index (χ3v) is 3.59. The minimum atomic E-state index is -0.770. The molecule has 16 heavy (non-hydrogen) atoms. The van der Waals surface area contributed by atoms with Gasteiger partial charge in [0.25, 0.3) is 0 Å². The van der Waals surface area contributed by atoms with Crippen molar-refractivity contribution in [1.29, 1.82) is 0 Å². The standard InChI is InChI=1S/C12H13NO2S/c1-9(16-8-12(14)15)13-7-6-10-4-2-3-5-11(10)13/h2-7,9H,8H2,1H3,(H,14,15).